The van der Waals surface area contributed by atoms with Gasteiger partial charge in [0.2, 0.25) is 0 Å². The van der Waals surface area contributed by atoms with Crippen molar-refractivity contribution in [1.82, 2.24) is 0 Å². The van der Waals surface area contributed by atoms with Crippen LogP contribution in [0, 0.1) is 29.6 Å². The molecular weight excluding hydrogens is 256 g/mol. The Morgan fingerprint density at radius 1 is 1.20 bits per heavy atom. The van der Waals surface area contributed by atoms with Crippen LogP contribution in [0.15, 0.2) is 0 Å². The molecule has 2 saturated carbocycles. The lowest BCUT2D eigenvalue weighted by Crippen LogP contribution is -2.46. The summed E-state index contributed by atoms with van der Waals surface area (Å²) in [6, 6.07) is 0. The Morgan fingerprint density at radius 3 is 2.25 bits per heavy atom. The first-order chi connectivity index (χ1) is 9.41. The summed E-state index contributed by atoms with van der Waals surface area (Å²) >= 11 is 0. The number of terminal acetylenes is 1. The van der Waals surface area contributed by atoms with E-state index in [1.165, 1.54) is 0 Å². The molecule has 1 saturated heterocycles. The zero-order valence-corrected chi connectivity index (χ0v) is 12.2. The third-order valence-electron chi connectivity index (χ3n) is 4.79. The molecular formula is C16H22O4. The first-order valence-electron chi connectivity index (χ1n) is 7.37. The summed E-state index contributed by atoms with van der Waals surface area (Å²) in [4.78, 5) is 11.1. The average Bonchev–Trinajstić information content (AvgIpc) is 2.89. The second-order valence-electron chi connectivity index (χ2n) is 7.22. The van der Waals surface area contributed by atoms with Gasteiger partial charge in [-0.2, -0.15) is 0 Å². The lowest BCUT2D eigenvalue weighted by atomic mass is 9.94. The lowest BCUT2D eigenvalue weighted by Gasteiger charge is -2.42. The fraction of sp³-hybridized carbons (Fsp3) is 0.812. The predicted octanol–water partition coefficient (Wildman–Crippen LogP) is 2.12. The van der Waals surface area contributed by atoms with E-state index in [1.807, 2.05) is 5.92 Å². The van der Waals surface area contributed by atoms with E-state index in [-0.39, 0.29) is 17.3 Å². The molecule has 1 spiro atoms. The largest absolute Gasteiger partial charge is 0.453 e. The first-order valence-corrected chi connectivity index (χ1v) is 7.37. The number of fused-ring (bicyclic) bond motifs is 1. The molecule has 2 aliphatic carbocycles. The zero-order chi connectivity index (χ0) is 14.4. The van der Waals surface area contributed by atoms with Gasteiger partial charge in [-0.3, -0.25) is 0 Å². The third-order valence-corrected chi connectivity index (χ3v) is 4.79. The van der Waals surface area contributed by atoms with Gasteiger partial charge >= 0.3 is 5.97 Å². The number of ether oxygens (including phenoxy) is 3. The van der Waals surface area contributed by atoms with Crippen molar-refractivity contribution in [3.05, 3.63) is 0 Å². The maximum absolute atomic E-state index is 11.1. The number of carbonyl (C=O) groups is 1. The van der Waals surface area contributed by atoms with Crippen LogP contribution in [-0.4, -0.2) is 31.1 Å². The van der Waals surface area contributed by atoms with Gasteiger partial charge in [-0.05, 0) is 24.7 Å². The molecule has 3 aliphatic rings. The van der Waals surface area contributed by atoms with Gasteiger partial charge in [-0.25, -0.2) is 4.79 Å². The van der Waals surface area contributed by atoms with Crippen molar-refractivity contribution in [1.29, 1.82) is 0 Å². The van der Waals surface area contributed by atoms with Crippen LogP contribution in [-0.2, 0) is 19.0 Å². The van der Waals surface area contributed by atoms with Crippen LogP contribution in [0.1, 0.15) is 39.5 Å². The maximum Gasteiger partial charge on any atom is 0.384 e. The number of rotatable bonds is 1. The molecule has 3 rings (SSSR count). The SMILES string of the molecule is C#CC(=O)OC1C[C@@H]2CC3(C[C@@H]2C1)OCC(C)(C)CO3. The fourth-order valence-electron chi connectivity index (χ4n) is 3.79. The Balaban J connectivity index is 1.56. The van der Waals surface area contributed by atoms with Crippen LogP contribution in [0.4, 0.5) is 0 Å². The molecule has 4 heteroatoms. The smallest absolute Gasteiger partial charge is 0.384 e. The summed E-state index contributed by atoms with van der Waals surface area (Å²) in [6.07, 6.45) is 8.62. The molecule has 0 amide bonds. The Hall–Kier alpha value is -1.05. The molecule has 0 aromatic carbocycles. The first kappa shape index (κ1) is 13.9. The van der Waals surface area contributed by atoms with Gasteiger partial charge in [0, 0.05) is 24.2 Å². The van der Waals surface area contributed by atoms with E-state index >= 15 is 0 Å². The standard InChI is InChI=1S/C16H22O4/c1-4-14(17)20-13-5-11-7-16(8-12(11)6-13)18-9-15(2,3)10-19-16/h1,11-13H,5-10H2,2-3H3/t11-,12+,13?. The molecule has 20 heavy (non-hydrogen) atoms. The van der Waals surface area contributed by atoms with Crippen LogP contribution in [0.25, 0.3) is 0 Å². The Labute approximate surface area is 120 Å². The molecule has 3 atom stereocenters. The lowest BCUT2D eigenvalue weighted by molar-refractivity contribution is -0.297. The number of hydrogen-bond acceptors (Lipinski definition) is 4. The van der Waals surface area contributed by atoms with Gasteiger partial charge in [0.25, 0.3) is 0 Å². The van der Waals surface area contributed by atoms with E-state index in [0.717, 1.165) is 38.9 Å². The van der Waals surface area contributed by atoms with E-state index in [9.17, 15) is 4.79 Å². The van der Waals surface area contributed by atoms with Crippen molar-refractivity contribution in [2.45, 2.75) is 51.4 Å². The van der Waals surface area contributed by atoms with Crippen LogP contribution in [0.2, 0.25) is 0 Å². The van der Waals surface area contributed by atoms with E-state index in [4.69, 9.17) is 20.6 Å². The van der Waals surface area contributed by atoms with Gasteiger partial charge in [0.1, 0.15) is 6.10 Å². The summed E-state index contributed by atoms with van der Waals surface area (Å²) in [5.41, 5.74) is 0.105. The van der Waals surface area contributed by atoms with Gasteiger partial charge in [0.05, 0.1) is 13.2 Å². The second-order valence-corrected chi connectivity index (χ2v) is 7.22. The molecule has 1 aliphatic heterocycles. The highest BCUT2D eigenvalue weighted by Crippen LogP contribution is 2.53. The molecule has 0 radical (unpaired) electrons. The van der Waals surface area contributed by atoms with Crippen LogP contribution in [0.3, 0.4) is 0 Å². The monoisotopic (exact) mass is 278 g/mol. The summed E-state index contributed by atoms with van der Waals surface area (Å²) in [6.45, 7) is 5.82. The zero-order valence-electron chi connectivity index (χ0n) is 12.2. The molecule has 3 fully saturated rings. The molecule has 4 nitrogen and oxygen atoms in total. The molecule has 0 bridgehead atoms. The van der Waals surface area contributed by atoms with Gasteiger partial charge < -0.3 is 14.2 Å². The topological polar surface area (TPSA) is 44.8 Å². The van der Waals surface area contributed by atoms with Crippen LogP contribution < -0.4 is 0 Å². The van der Waals surface area contributed by atoms with E-state index in [1.54, 1.807) is 0 Å². The van der Waals surface area contributed by atoms with Crippen molar-refractivity contribution in [2.24, 2.45) is 17.3 Å². The number of carbonyl (C=O) groups excluding carboxylic acids is 1. The summed E-state index contributed by atoms with van der Waals surface area (Å²) < 4.78 is 17.4. The third kappa shape index (κ3) is 2.57. The van der Waals surface area contributed by atoms with Crippen molar-refractivity contribution < 1.29 is 19.0 Å². The molecule has 0 aromatic heterocycles. The predicted molar refractivity (Wildman–Crippen MR) is 72.6 cm³/mol. The summed E-state index contributed by atoms with van der Waals surface area (Å²) in [7, 11) is 0. The highest BCUT2D eigenvalue weighted by molar-refractivity contribution is 5.87. The van der Waals surface area contributed by atoms with E-state index in [2.05, 4.69) is 13.8 Å². The minimum atomic E-state index is -0.545. The normalized spacial score (nSPS) is 37.4. The number of esters is 1. The number of hydrogen-bond donors (Lipinski definition) is 0. The fourth-order valence-corrected chi connectivity index (χ4v) is 3.79. The van der Waals surface area contributed by atoms with Gasteiger partial charge in [-0.15, -0.1) is 6.42 Å². The Kier molecular flexibility index (Phi) is 3.30. The highest BCUT2D eigenvalue weighted by Gasteiger charge is 2.54. The van der Waals surface area contributed by atoms with Crippen molar-refractivity contribution in [2.75, 3.05) is 13.2 Å². The quantitative estimate of drug-likeness (QED) is 0.419. The van der Waals surface area contributed by atoms with Crippen molar-refractivity contribution in [3.8, 4) is 12.3 Å². The second kappa shape index (κ2) is 4.75. The van der Waals surface area contributed by atoms with Crippen LogP contribution >= 0.6 is 0 Å². The molecule has 110 valence electrons. The van der Waals surface area contributed by atoms with Gasteiger partial charge in [0.15, 0.2) is 5.79 Å². The van der Waals surface area contributed by atoms with E-state index < -0.39 is 5.97 Å². The summed E-state index contributed by atoms with van der Waals surface area (Å²) in [5, 5.41) is 0. The molecule has 0 aromatic rings. The summed E-state index contributed by atoms with van der Waals surface area (Å²) in [5.74, 6) is 2.13. The molecule has 1 unspecified atom stereocenters. The van der Waals surface area contributed by atoms with Crippen LogP contribution in [0.5, 0.6) is 0 Å². The van der Waals surface area contributed by atoms with Gasteiger partial charge in [-0.1, -0.05) is 13.8 Å². The highest BCUT2D eigenvalue weighted by atomic mass is 16.7. The minimum Gasteiger partial charge on any atom is -0.453 e. The average molecular weight is 278 g/mol. The van der Waals surface area contributed by atoms with Crippen molar-refractivity contribution >= 4 is 5.97 Å². The van der Waals surface area contributed by atoms with E-state index in [0.29, 0.717) is 11.8 Å². The minimum absolute atomic E-state index is 0.0223. The Morgan fingerprint density at radius 2 is 1.75 bits per heavy atom. The maximum atomic E-state index is 11.1. The Bertz CT molecular complexity index is 422. The van der Waals surface area contributed by atoms with Crippen molar-refractivity contribution in [3.63, 3.8) is 0 Å². The molecule has 1 heterocycles. The molecule has 0 N–H and O–H groups in total.